The van der Waals surface area contributed by atoms with Gasteiger partial charge >= 0.3 is 0 Å². The predicted molar refractivity (Wildman–Crippen MR) is 51.8 cm³/mol. The van der Waals surface area contributed by atoms with Crippen LogP contribution in [0.2, 0.25) is 0 Å². The van der Waals surface area contributed by atoms with Crippen LogP contribution in [0.1, 0.15) is 27.7 Å². The maximum absolute atomic E-state index is 11.4. The summed E-state index contributed by atoms with van der Waals surface area (Å²) in [4.78, 5) is 16.4. The van der Waals surface area contributed by atoms with Crippen LogP contribution in [-0.4, -0.2) is 19.1 Å². The van der Waals surface area contributed by atoms with Gasteiger partial charge in [-0.3, -0.25) is 9.63 Å². The third kappa shape index (κ3) is 4.85. The first-order chi connectivity index (χ1) is 5.90. The number of hydrogen-bond acceptors (Lipinski definition) is 3. The molecule has 0 aromatic heterocycles. The fourth-order valence-corrected chi connectivity index (χ4v) is 0.505. The zero-order chi connectivity index (χ0) is 10.5. The molecule has 0 aromatic carbocycles. The topological polar surface area (TPSA) is 64.3 Å². The zero-order valence-electron chi connectivity index (χ0n) is 8.89. The van der Waals surface area contributed by atoms with Gasteiger partial charge in [0.25, 0.3) is 0 Å². The van der Waals surface area contributed by atoms with E-state index in [4.69, 9.17) is 10.6 Å². The van der Waals surface area contributed by atoms with Crippen molar-refractivity contribution in [3.8, 4) is 0 Å². The average molecular weight is 188 g/mol. The highest BCUT2D eigenvalue weighted by Crippen LogP contribution is 2.11. The summed E-state index contributed by atoms with van der Waals surface area (Å²) in [5.41, 5.74) is 7.25. The Hall–Kier alpha value is -0.610. The van der Waals surface area contributed by atoms with E-state index in [1.54, 1.807) is 13.8 Å². The minimum Gasteiger partial charge on any atom is -0.329 e. The van der Waals surface area contributed by atoms with Gasteiger partial charge in [0.2, 0.25) is 5.91 Å². The summed E-state index contributed by atoms with van der Waals surface area (Å²) in [5.74, 6) is 0.233. The number of hydrogen-bond donors (Lipinski definition) is 2. The van der Waals surface area contributed by atoms with Crippen molar-refractivity contribution in [3.63, 3.8) is 0 Å². The van der Waals surface area contributed by atoms with Crippen LogP contribution in [-0.2, 0) is 9.63 Å². The molecule has 0 spiro atoms. The second kappa shape index (κ2) is 5.19. The fraction of sp³-hybridized carbons (Fsp3) is 0.889. The molecule has 4 nitrogen and oxygen atoms in total. The van der Waals surface area contributed by atoms with Gasteiger partial charge in [0.05, 0.1) is 12.0 Å². The smallest absolute Gasteiger partial charge is 0.250 e. The first-order valence-electron chi connectivity index (χ1n) is 4.52. The second-order valence-corrected chi connectivity index (χ2v) is 4.22. The van der Waals surface area contributed by atoms with Crippen LogP contribution in [0, 0.1) is 11.3 Å². The quantitative estimate of drug-likeness (QED) is 0.623. The van der Waals surface area contributed by atoms with E-state index in [9.17, 15) is 4.79 Å². The summed E-state index contributed by atoms with van der Waals surface area (Å²) in [7, 11) is 0. The summed E-state index contributed by atoms with van der Waals surface area (Å²) >= 11 is 0. The van der Waals surface area contributed by atoms with Gasteiger partial charge in [-0.15, -0.1) is 0 Å². The molecule has 0 atom stereocenters. The average Bonchev–Trinajstić information content (AvgIpc) is 2.03. The molecule has 0 unspecified atom stereocenters. The minimum absolute atomic E-state index is 0.171. The number of carbonyl (C=O) groups is 1. The number of nitrogens with one attached hydrogen (secondary N) is 1. The number of carbonyl (C=O) groups excluding carboxylic acids is 1. The van der Waals surface area contributed by atoms with Crippen LogP contribution < -0.4 is 11.2 Å². The van der Waals surface area contributed by atoms with E-state index in [1.807, 2.05) is 13.8 Å². The molecule has 0 fully saturated rings. The molecule has 3 N–H and O–H groups in total. The molecule has 0 rings (SSSR count). The van der Waals surface area contributed by atoms with E-state index in [0.717, 1.165) is 0 Å². The highest BCUT2D eigenvalue weighted by Gasteiger charge is 2.25. The van der Waals surface area contributed by atoms with Crippen LogP contribution in [0.3, 0.4) is 0 Å². The Kier molecular flexibility index (Phi) is 4.95. The maximum atomic E-state index is 11.4. The van der Waals surface area contributed by atoms with E-state index in [1.165, 1.54) is 0 Å². The van der Waals surface area contributed by atoms with Gasteiger partial charge < -0.3 is 5.73 Å². The van der Waals surface area contributed by atoms with Gasteiger partial charge in [0.1, 0.15) is 0 Å². The van der Waals surface area contributed by atoms with E-state index < -0.39 is 5.41 Å². The number of nitrogens with two attached hydrogens (primary N) is 1. The molecule has 0 heterocycles. The summed E-state index contributed by atoms with van der Waals surface area (Å²) in [6.45, 7) is 8.42. The van der Waals surface area contributed by atoms with Crippen molar-refractivity contribution in [2.45, 2.75) is 27.7 Å². The van der Waals surface area contributed by atoms with Crippen molar-refractivity contribution in [2.75, 3.05) is 13.2 Å². The minimum atomic E-state index is -0.559. The molecule has 0 radical (unpaired) electrons. The summed E-state index contributed by atoms with van der Waals surface area (Å²) < 4.78 is 0. The van der Waals surface area contributed by atoms with Crippen molar-refractivity contribution >= 4 is 5.91 Å². The van der Waals surface area contributed by atoms with Crippen LogP contribution in [0.5, 0.6) is 0 Å². The molecule has 0 aliphatic carbocycles. The van der Waals surface area contributed by atoms with Gasteiger partial charge in [0, 0.05) is 6.54 Å². The Morgan fingerprint density at radius 3 is 2.46 bits per heavy atom. The van der Waals surface area contributed by atoms with Crippen LogP contribution in [0.4, 0.5) is 0 Å². The first kappa shape index (κ1) is 12.4. The van der Waals surface area contributed by atoms with Gasteiger partial charge in [-0.2, -0.15) is 0 Å². The molecule has 13 heavy (non-hydrogen) atoms. The van der Waals surface area contributed by atoms with Crippen LogP contribution in [0.15, 0.2) is 0 Å². The Morgan fingerprint density at radius 2 is 2.08 bits per heavy atom. The van der Waals surface area contributed by atoms with Crippen molar-refractivity contribution in [1.29, 1.82) is 0 Å². The Balaban J connectivity index is 3.75. The summed E-state index contributed by atoms with van der Waals surface area (Å²) in [6, 6.07) is 0. The molecule has 0 aliphatic heterocycles. The van der Waals surface area contributed by atoms with Crippen molar-refractivity contribution in [3.05, 3.63) is 0 Å². The van der Waals surface area contributed by atoms with Crippen molar-refractivity contribution in [1.82, 2.24) is 5.48 Å². The Morgan fingerprint density at radius 1 is 1.54 bits per heavy atom. The molecule has 0 aromatic rings. The van der Waals surface area contributed by atoms with Crippen molar-refractivity contribution < 1.29 is 9.63 Å². The van der Waals surface area contributed by atoms with E-state index in [2.05, 4.69) is 5.48 Å². The molecular weight excluding hydrogens is 168 g/mol. The molecule has 0 saturated heterocycles. The van der Waals surface area contributed by atoms with Gasteiger partial charge in [-0.05, 0) is 19.8 Å². The molecular formula is C9H20N2O2. The fourth-order valence-electron chi connectivity index (χ4n) is 0.505. The third-order valence-electron chi connectivity index (χ3n) is 1.71. The standard InChI is InChI=1S/C9H20N2O2/c1-7(2)5-13-11-8(12)9(3,4)6-10/h7H,5-6,10H2,1-4H3,(H,11,12). The Labute approximate surface area is 79.8 Å². The first-order valence-corrected chi connectivity index (χ1v) is 4.52. The van der Waals surface area contributed by atoms with Gasteiger partial charge in [-0.1, -0.05) is 13.8 Å². The Bertz CT molecular complexity index is 167. The lowest BCUT2D eigenvalue weighted by Gasteiger charge is -2.21. The largest absolute Gasteiger partial charge is 0.329 e. The summed E-state index contributed by atoms with van der Waals surface area (Å²) in [6.07, 6.45) is 0. The lowest BCUT2D eigenvalue weighted by Crippen LogP contribution is -2.42. The molecule has 4 heteroatoms. The second-order valence-electron chi connectivity index (χ2n) is 4.22. The summed E-state index contributed by atoms with van der Waals surface area (Å²) in [5, 5.41) is 0. The zero-order valence-corrected chi connectivity index (χ0v) is 8.89. The number of rotatable bonds is 5. The maximum Gasteiger partial charge on any atom is 0.250 e. The van der Waals surface area contributed by atoms with E-state index >= 15 is 0 Å². The van der Waals surface area contributed by atoms with Gasteiger partial charge in [-0.25, -0.2) is 5.48 Å². The number of hydroxylamine groups is 1. The lowest BCUT2D eigenvalue weighted by atomic mass is 9.93. The van der Waals surface area contributed by atoms with E-state index in [0.29, 0.717) is 19.1 Å². The lowest BCUT2D eigenvalue weighted by molar-refractivity contribution is -0.142. The highest BCUT2D eigenvalue weighted by molar-refractivity contribution is 5.81. The normalized spacial score (nSPS) is 11.8. The number of amides is 1. The molecule has 0 aliphatic rings. The molecule has 78 valence electrons. The molecule has 0 bridgehead atoms. The van der Waals surface area contributed by atoms with Crippen LogP contribution in [0.25, 0.3) is 0 Å². The van der Waals surface area contributed by atoms with Crippen LogP contribution >= 0.6 is 0 Å². The van der Waals surface area contributed by atoms with Gasteiger partial charge in [0.15, 0.2) is 0 Å². The SMILES string of the molecule is CC(C)CONC(=O)C(C)(C)CN. The van der Waals surface area contributed by atoms with Crippen molar-refractivity contribution in [2.24, 2.45) is 17.1 Å². The van der Waals surface area contributed by atoms with E-state index in [-0.39, 0.29) is 5.91 Å². The molecule has 1 amide bonds. The highest BCUT2D eigenvalue weighted by atomic mass is 16.7. The third-order valence-corrected chi connectivity index (χ3v) is 1.71. The predicted octanol–water partition coefficient (Wildman–Crippen LogP) is 0.675. The molecule has 0 saturated carbocycles. The monoisotopic (exact) mass is 188 g/mol.